The zero-order chi connectivity index (χ0) is 18.4. The highest BCUT2D eigenvalue weighted by Crippen LogP contribution is 2.18. The number of aromatic nitrogens is 3. The number of nitrogens with zero attached hydrogens (tertiary/aromatic N) is 5. The minimum Gasteiger partial charge on any atom is -0.325 e. The smallest absolute Gasteiger partial charge is 0.244 e. The minimum absolute atomic E-state index is 0.0378. The molecule has 2 rings (SSSR count). The molecule has 0 radical (unpaired) electrons. The second-order valence-electron chi connectivity index (χ2n) is 5.06. The molecule has 0 saturated heterocycles. The molecule has 0 unspecified atom stereocenters. The number of hydrogen-bond donors (Lipinski definition) is 1. The van der Waals surface area contributed by atoms with Gasteiger partial charge in [0.15, 0.2) is 0 Å². The van der Waals surface area contributed by atoms with Gasteiger partial charge < -0.3 is 5.32 Å². The van der Waals surface area contributed by atoms with Gasteiger partial charge in [-0.25, -0.2) is 8.42 Å². The molecule has 0 aliphatic rings. The molecule has 1 amide bonds. The molecule has 1 aromatic carbocycles. The van der Waals surface area contributed by atoms with E-state index in [9.17, 15) is 13.2 Å². The normalized spacial score (nSPS) is 11.3. The van der Waals surface area contributed by atoms with Gasteiger partial charge in [-0.2, -0.15) is 9.57 Å². The van der Waals surface area contributed by atoms with Crippen LogP contribution in [0.1, 0.15) is 19.7 Å². The molecule has 10 heteroatoms. The van der Waals surface area contributed by atoms with Gasteiger partial charge in [-0.15, -0.1) is 10.2 Å². The maximum Gasteiger partial charge on any atom is 0.244 e. The van der Waals surface area contributed by atoms with Crippen LogP contribution < -0.4 is 5.32 Å². The lowest BCUT2D eigenvalue weighted by Crippen LogP contribution is -2.30. The third-order valence-corrected chi connectivity index (χ3v) is 5.57. The molecule has 2 aromatic rings. The second-order valence-corrected chi connectivity index (χ2v) is 6.99. The van der Waals surface area contributed by atoms with Crippen LogP contribution in [0.25, 0.3) is 0 Å². The van der Waals surface area contributed by atoms with Gasteiger partial charge in [-0.3, -0.25) is 9.36 Å². The zero-order valence-corrected chi connectivity index (χ0v) is 14.7. The molecule has 0 spiro atoms. The van der Waals surface area contributed by atoms with Gasteiger partial charge in [0.1, 0.15) is 18.9 Å². The van der Waals surface area contributed by atoms with Crippen molar-refractivity contribution in [1.29, 1.82) is 5.26 Å². The van der Waals surface area contributed by atoms with E-state index in [1.54, 1.807) is 13.8 Å². The van der Waals surface area contributed by atoms with Crippen LogP contribution in [-0.2, 0) is 21.4 Å². The molecule has 132 valence electrons. The average Bonchev–Trinajstić information content (AvgIpc) is 3.03. The van der Waals surface area contributed by atoms with E-state index in [-0.39, 0.29) is 23.2 Å². The summed E-state index contributed by atoms with van der Waals surface area (Å²) in [5, 5.41) is 18.6. The summed E-state index contributed by atoms with van der Waals surface area (Å²) in [6.45, 7) is 4.20. The highest BCUT2D eigenvalue weighted by molar-refractivity contribution is 7.89. The zero-order valence-electron chi connectivity index (χ0n) is 13.9. The van der Waals surface area contributed by atoms with Crippen molar-refractivity contribution in [3.63, 3.8) is 0 Å². The molecule has 25 heavy (non-hydrogen) atoms. The topological polar surface area (TPSA) is 121 Å². The van der Waals surface area contributed by atoms with Crippen LogP contribution >= 0.6 is 0 Å². The molecule has 1 heterocycles. The number of nitrogens with one attached hydrogen (secondary N) is 1. The summed E-state index contributed by atoms with van der Waals surface area (Å²) >= 11 is 0. The summed E-state index contributed by atoms with van der Waals surface area (Å²) in [6, 6.07) is 7.76. The van der Waals surface area contributed by atoms with Crippen molar-refractivity contribution in [2.24, 2.45) is 0 Å². The highest BCUT2D eigenvalue weighted by Gasteiger charge is 2.21. The third-order valence-electron chi connectivity index (χ3n) is 3.51. The molecule has 1 aromatic heterocycles. The fourth-order valence-corrected chi connectivity index (χ4v) is 3.69. The van der Waals surface area contributed by atoms with E-state index >= 15 is 0 Å². The molecular formula is C15H18N6O3S. The number of sulfonamides is 1. The Bertz CT molecular complexity index is 879. The lowest BCUT2D eigenvalue weighted by molar-refractivity contribution is -0.116. The first-order valence-corrected chi connectivity index (χ1v) is 9.04. The molecule has 1 N–H and O–H groups in total. The van der Waals surface area contributed by atoms with Crippen molar-refractivity contribution < 1.29 is 13.2 Å². The number of anilines is 1. The number of hydrogen-bond acceptors (Lipinski definition) is 6. The second kappa shape index (κ2) is 7.87. The van der Waals surface area contributed by atoms with Gasteiger partial charge >= 0.3 is 0 Å². The number of nitriles is 1. The summed E-state index contributed by atoms with van der Waals surface area (Å²) in [5.41, 5.74) is 0.454. The number of carbonyl (C=O) groups is 1. The van der Waals surface area contributed by atoms with Gasteiger partial charge in [0.2, 0.25) is 21.8 Å². The molecule has 9 nitrogen and oxygen atoms in total. The first-order chi connectivity index (χ1) is 11.9. The monoisotopic (exact) mass is 362 g/mol. The predicted octanol–water partition coefficient (Wildman–Crippen LogP) is 0.819. The van der Waals surface area contributed by atoms with Crippen LogP contribution in [-0.4, -0.2) is 46.5 Å². The van der Waals surface area contributed by atoms with Gasteiger partial charge in [-0.1, -0.05) is 13.8 Å². The molecule has 0 saturated carbocycles. The average molecular weight is 362 g/mol. The van der Waals surface area contributed by atoms with E-state index in [2.05, 4.69) is 15.5 Å². The van der Waals surface area contributed by atoms with E-state index < -0.39 is 10.0 Å². The lowest BCUT2D eigenvalue weighted by Gasteiger charge is -2.18. The van der Waals surface area contributed by atoms with Gasteiger partial charge in [0.25, 0.3) is 0 Å². The Morgan fingerprint density at radius 1 is 1.28 bits per heavy atom. The summed E-state index contributed by atoms with van der Waals surface area (Å²) in [7, 11) is -3.53. The van der Waals surface area contributed by atoms with Crippen LogP contribution in [0.4, 0.5) is 5.69 Å². The predicted molar refractivity (Wildman–Crippen MR) is 89.9 cm³/mol. The summed E-state index contributed by atoms with van der Waals surface area (Å²) in [5.74, 6) is -0.341. The van der Waals surface area contributed by atoms with Crippen molar-refractivity contribution in [2.45, 2.75) is 25.3 Å². The van der Waals surface area contributed by atoms with Crippen LogP contribution in [0.2, 0.25) is 0 Å². The summed E-state index contributed by atoms with van der Waals surface area (Å²) in [6.07, 6.45) is 1.29. The first-order valence-electron chi connectivity index (χ1n) is 7.60. The van der Waals surface area contributed by atoms with E-state index in [1.807, 2.05) is 6.07 Å². The number of amides is 1. The molecule has 0 atom stereocenters. The fourth-order valence-electron chi connectivity index (χ4n) is 2.24. The Morgan fingerprint density at radius 2 is 1.92 bits per heavy atom. The van der Waals surface area contributed by atoms with Gasteiger partial charge in [0.05, 0.1) is 4.90 Å². The van der Waals surface area contributed by atoms with Crippen molar-refractivity contribution in [1.82, 2.24) is 19.1 Å². The van der Waals surface area contributed by atoms with Gasteiger partial charge in [0, 0.05) is 18.8 Å². The Labute approximate surface area is 145 Å². The van der Waals surface area contributed by atoms with Crippen LogP contribution in [0.5, 0.6) is 0 Å². The van der Waals surface area contributed by atoms with E-state index in [1.165, 1.54) is 39.5 Å². The standard InChI is InChI=1S/C15H18N6O3S/c1-3-21(4-2)25(23,24)13-7-5-12(6-8-13)18-15(22)10-20-11-17-19-14(20)9-16/h5-8,11H,3-4,10H2,1-2H3,(H,18,22). The third kappa shape index (κ3) is 4.20. The van der Waals surface area contributed by atoms with Crippen molar-refractivity contribution in [3.8, 4) is 6.07 Å². The number of carbonyl (C=O) groups excluding carboxylic acids is 1. The molecule has 0 aliphatic heterocycles. The minimum atomic E-state index is -3.53. The molecule has 0 aliphatic carbocycles. The van der Waals surface area contributed by atoms with Crippen LogP contribution in [0.15, 0.2) is 35.5 Å². The maximum atomic E-state index is 12.4. The van der Waals surface area contributed by atoms with Crippen molar-refractivity contribution >= 4 is 21.6 Å². The Balaban J connectivity index is 2.08. The summed E-state index contributed by atoms with van der Waals surface area (Å²) in [4.78, 5) is 12.2. The van der Waals surface area contributed by atoms with E-state index in [0.29, 0.717) is 18.8 Å². The highest BCUT2D eigenvalue weighted by atomic mass is 32.2. The lowest BCUT2D eigenvalue weighted by atomic mass is 10.3. The molecule has 0 bridgehead atoms. The van der Waals surface area contributed by atoms with Gasteiger partial charge in [-0.05, 0) is 24.3 Å². The largest absolute Gasteiger partial charge is 0.325 e. The van der Waals surface area contributed by atoms with Crippen molar-refractivity contribution in [3.05, 3.63) is 36.4 Å². The number of rotatable bonds is 7. The Kier molecular flexibility index (Phi) is 5.84. The van der Waals surface area contributed by atoms with Crippen molar-refractivity contribution in [2.75, 3.05) is 18.4 Å². The van der Waals surface area contributed by atoms with Crippen LogP contribution in [0.3, 0.4) is 0 Å². The molecular weight excluding hydrogens is 344 g/mol. The maximum absolute atomic E-state index is 12.4. The van der Waals surface area contributed by atoms with E-state index in [0.717, 1.165) is 0 Å². The van der Waals surface area contributed by atoms with E-state index in [4.69, 9.17) is 5.26 Å². The summed E-state index contributed by atoms with van der Waals surface area (Å²) < 4.78 is 27.5. The fraction of sp³-hybridized carbons (Fsp3) is 0.333. The SMILES string of the molecule is CCN(CC)S(=O)(=O)c1ccc(NC(=O)Cn2cnnc2C#N)cc1. The van der Waals surface area contributed by atoms with Crippen LogP contribution in [0, 0.1) is 11.3 Å². The first kappa shape index (κ1) is 18.6. The Hall–Kier alpha value is -2.77. The molecule has 0 fully saturated rings. The Morgan fingerprint density at radius 3 is 2.48 bits per heavy atom. The number of benzene rings is 1. The quantitative estimate of drug-likeness (QED) is 0.778.